The highest BCUT2D eigenvalue weighted by Gasteiger charge is 2.22. The highest BCUT2D eigenvalue weighted by molar-refractivity contribution is 5.82. The number of fused-ring (bicyclic) bond motifs is 4. The van der Waals surface area contributed by atoms with Gasteiger partial charge in [-0.15, -0.1) is 0 Å². The molecule has 6 aromatic carbocycles. The Labute approximate surface area is 417 Å². The standard InChI is InChI=1S/C62H50N8O2/c1-61(2,3)43-31-45(67-39-69(57-21-13-11-19-55(57)67)59-25-23-41-15-7-9-17-51(41)65-59)35-49(33-43)71-47-27-29-63-53(37-47)54-38-48(28-30-64-54)72-50-34-44(62(4,5)6)32-46(36-50)68-40-70(58-22-14-12-20-56(58)68)60-26-24-42-16-8-10-18-52(42)66-60/h7-38H,1-6H3. The number of aromatic nitrogens is 8. The second-order valence-electron chi connectivity index (χ2n) is 20.1. The molecule has 0 atom stereocenters. The van der Waals surface area contributed by atoms with E-state index in [1.807, 2.05) is 106 Å². The third kappa shape index (κ3) is 8.47. The van der Waals surface area contributed by atoms with Crippen molar-refractivity contribution in [1.29, 1.82) is 0 Å². The number of nitrogens with zero attached hydrogens (tertiary/aromatic N) is 8. The molecular formula is C62H50N8O2. The predicted octanol–water partition coefficient (Wildman–Crippen LogP) is 13.5. The Hall–Kier alpha value is -9.02. The summed E-state index contributed by atoms with van der Waals surface area (Å²) < 4.78 is 21.7. The topological polar surface area (TPSA) is 87.6 Å². The van der Waals surface area contributed by atoms with Gasteiger partial charge in [0.1, 0.15) is 23.0 Å². The Morgan fingerprint density at radius 1 is 0.417 bits per heavy atom. The summed E-state index contributed by atoms with van der Waals surface area (Å²) in [6, 6.07) is 61.5. The molecule has 12 aromatic rings. The van der Waals surface area contributed by atoms with E-state index in [0.717, 1.165) is 78.0 Å². The van der Waals surface area contributed by atoms with Crippen LogP contribution in [0.2, 0.25) is 0 Å². The van der Waals surface area contributed by atoms with Gasteiger partial charge in [0.05, 0.1) is 55.9 Å². The summed E-state index contributed by atoms with van der Waals surface area (Å²) in [4.78, 5) is 19.5. The van der Waals surface area contributed by atoms with Crippen LogP contribution in [0.5, 0.6) is 23.0 Å². The monoisotopic (exact) mass is 938 g/mol. The van der Waals surface area contributed by atoms with E-state index in [2.05, 4.69) is 148 Å². The van der Waals surface area contributed by atoms with Crippen molar-refractivity contribution in [3.63, 3.8) is 0 Å². The zero-order chi connectivity index (χ0) is 49.1. The summed E-state index contributed by atoms with van der Waals surface area (Å²) in [6.45, 7) is 13.2. The first-order valence-electron chi connectivity index (χ1n) is 24.1. The molecule has 10 heteroatoms. The van der Waals surface area contributed by atoms with Crippen LogP contribution in [0.4, 0.5) is 0 Å². The Morgan fingerprint density at radius 3 is 1.28 bits per heavy atom. The van der Waals surface area contributed by atoms with Gasteiger partial charge in [0.15, 0.2) is 11.6 Å². The van der Waals surface area contributed by atoms with Crippen molar-refractivity contribution in [3.05, 3.63) is 218 Å². The molecule has 12 rings (SSSR count). The number of rotatable bonds is 9. The Bertz CT molecular complexity index is 3780. The van der Waals surface area contributed by atoms with Gasteiger partial charge in [0.25, 0.3) is 12.7 Å². The van der Waals surface area contributed by atoms with Crippen LogP contribution in [0, 0.1) is 12.7 Å². The number of ether oxygens (including phenoxy) is 2. The first-order valence-corrected chi connectivity index (χ1v) is 24.1. The third-order valence-electron chi connectivity index (χ3n) is 13.0. The van der Waals surface area contributed by atoms with Crippen LogP contribution in [0.1, 0.15) is 52.7 Å². The molecule has 0 aliphatic rings. The van der Waals surface area contributed by atoms with Crippen molar-refractivity contribution in [2.24, 2.45) is 0 Å². The van der Waals surface area contributed by atoms with Gasteiger partial charge in [-0.2, -0.15) is 0 Å². The van der Waals surface area contributed by atoms with Gasteiger partial charge < -0.3 is 9.47 Å². The van der Waals surface area contributed by atoms with Crippen LogP contribution in [0.3, 0.4) is 0 Å². The second kappa shape index (κ2) is 17.4. The maximum Gasteiger partial charge on any atom is 0.271 e. The van der Waals surface area contributed by atoms with E-state index in [9.17, 15) is 0 Å². The van der Waals surface area contributed by atoms with E-state index in [1.54, 1.807) is 12.4 Å². The van der Waals surface area contributed by atoms with Gasteiger partial charge in [-0.05, 0) is 106 Å². The fraction of sp³-hybridized carbons (Fsp3) is 0.129. The first-order chi connectivity index (χ1) is 34.9. The van der Waals surface area contributed by atoms with Crippen LogP contribution >= 0.6 is 0 Å². The lowest BCUT2D eigenvalue weighted by Crippen LogP contribution is -2.30. The Balaban J connectivity index is 0.860. The maximum atomic E-state index is 6.74. The molecule has 0 amide bonds. The van der Waals surface area contributed by atoms with Crippen LogP contribution in [-0.2, 0) is 10.8 Å². The summed E-state index contributed by atoms with van der Waals surface area (Å²) in [7, 11) is 0. The van der Waals surface area contributed by atoms with Crippen LogP contribution in [0.25, 0.3) is 78.3 Å². The van der Waals surface area contributed by atoms with Gasteiger partial charge in [-0.1, -0.05) is 139 Å². The van der Waals surface area contributed by atoms with Gasteiger partial charge in [-0.25, -0.2) is 9.97 Å². The fourth-order valence-electron chi connectivity index (χ4n) is 9.11. The fourth-order valence-corrected chi connectivity index (χ4v) is 9.11. The normalized spacial score (nSPS) is 12.0. The van der Waals surface area contributed by atoms with E-state index in [1.165, 1.54) is 0 Å². The number of hydrogen-bond donors (Lipinski definition) is 0. The molecule has 350 valence electrons. The molecule has 10 nitrogen and oxygen atoms in total. The maximum absolute atomic E-state index is 6.74. The molecular weight excluding hydrogens is 889 g/mol. The zero-order valence-electron chi connectivity index (χ0n) is 40.9. The average Bonchev–Trinajstić information content (AvgIpc) is 3.98. The van der Waals surface area contributed by atoms with Gasteiger partial charge >= 0.3 is 0 Å². The van der Waals surface area contributed by atoms with Gasteiger partial charge in [0, 0.05) is 24.5 Å². The minimum atomic E-state index is -0.181. The molecule has 6 aromatic heterocycles. The zero-order valence-corrected chi connectivity index (χ0v) is 40.9. The first kappa shape index (κ1) is 44.2. The van der Waals surface area contributed by atoms with Gasteiger partial charge in [-0.3, -0.25) is 28.2 Å². The molecule has 0 N–H and O–H groups in total. The van der Waals surface area contributed by atoms with Crippen molar-refractivity contribution >= 4 is 43.9 Å². The number of pyridine rings is 4. The lowest BCUT2D eigenvalue weighted by Gasteiger charge is -2.22. The summed E-state index contributed by atoms with van der Waals surface area (Å²) in [5.74, 6) is 4.18. The largest absolute Gasteiger partial charge is 0.458 e. The predicted molar refractivity (Wildman–Crippen MR) is 283 cm³/mol. The van der Waals surface area contributed by atoms with Crippen molar-refractivity contribution in [1.82, 2.24) is 29.1 Å². The molecule has 6 heterocycles. The van der Waals surface area contributed by atoms with Crippen LogP contribution < -0.4 is 18.6 Å². The minimum absolute atomic E-state index is 0.181. The highest BCUT2D eigenvalue weighted by Crippen LogP contribution is 2.35. The number of imidazole rings is 2. The molecule has 0 bridgehead atoms. The molecule has 0 saturated heterocycles. The Kier molecular flexibility index (Phi) is 10.7. The molecule has 0 aliphatic heterocycles. The van der Waals surface area contributed by atoms with Crippen molar-refractivity contribution in [2.45, 2.75) is 52.4 Å². The van der Waals surface area contributed by atoms with E-state index in [0.29, 0.717) is 34.4 Å². The summed E-state index contributed by atoms with van der Waals surface area (Å²) in [6.07, 6.45) is 10.8. The van der Waals surface area contributed by atoms with Crippen molar-refractivity contribution < 1.29 is 18.6 Å². The van der Waals surface area contributed by atoms with E-state index in [4.69, 9.17) is 29.4 Å². The quantitative estimate of drug-likeness (QED) is 0.106. The molecule has 0 unspecified atom stereocenters. The molecule has 72 heavy (non-hydrogen) atoms. The molecule has 0 spiro atoms. The second-order valence-corrected chi connectivity index (χ2v) is 20.1. The lowest BCUT2D eigenvalue weighted by molar-refractivity contribution is -0.572. The molecule has 0 saturated carbocycles. The van der Waals surface area contributed by atoms with Crippen LogP contribution in [0.15, 0.2) is 194 Å². The summed E-state index contributed by atoms with van der Waals surface area (Å²) >= 11 is 0. The van der Waals surface area contributed by atoms with Crippen molar-refractivity contribution in [3.8, 4) is 57.4 Å². The number of hydrogen-bond acceptors (Lipinski definition) is 6. The molecule has 0 fully saturated rings. The number of para-hydroxylation sites is 6. The average molecular weight is 939 g/mol. The van der Waals surface area contributed by atoms with Crippen LogP contribution in [-0.4, -0.2) is 29.1 Å². The minimum Gasteiger partial charge on any atom is -0.458 e. The lowest BCUT2D eigenvalue weighted by atomic mass is 9.86. The number of benzene rings is 6. The summed E-state index contributed by atoms with van der Waals surface area (Å²) in [5, 5.41) is 2.17. The van der Waals surface area contributed by atoms with E-state index < -0.39 is 0 Å². The summed E-state index contributed by atoms with van der Waals surface area (Å²) in [5.41, 5.74) is 10.8. The third-order valence-corrected chi connectivity index (χ3v) is 13.0. The smallest absolute Gasteiger partial charge is 0.271 e. The molecule has 0 aliphatic carbocycles. The van der Waals surface area contributed by atoms with Gasteiger partial charge in [0.2, 0.25) is 0 Å². The molecule has 0 radical (unpaired) electrons. The van der Waals surface area contributed by atoms with E-state index >= 15 is 0 Å². The van der Waals surface area contributed by atoms with Crippen molar-refractivity contribution in [2.75, 3.05) is 0 Å². The van der Waals surface area contributed by atoms with E-state index in [-0.39, 0.29) is 10.8 Å². The Morgan fingerprint density at radius 2 is 0.833 bits per heavy atom. The SMILES string of the molecule is CC(C)(C)c1cc(Oc2ccnc(-c3cc(Oc4cc(-[n+]5[c-]n(-c6ccc7ccccc7n6)c6ccccc65)cc(C(C)(C)C)c4)ccn3)c2)cc(-[n+]2[c-]n(-c3ccc4ccccc4n3)c3ccccc32)c1. The highest BCUT2D eigenvalue weighted by atomic mass is 16.5.